The third kappa shape index (κ3) is 2.30. The number of carbonyl (C=O) groups excluding carboxylic acids is 2. The van der Waals surface area contributed by atoms with E-state index >= 15 is 0 Å². The smallest absolute Gasteiger partial charge is 0.220 e. The van der Waals surface area contributed by atoms with Crippen molar-refractivity contribution in [1.82, 2.24) is 0 Å². The van der Waals surface area contributed by atoms with Crippen LogP contribution in [-0.2, 0) is 4.79 Å². The summed E-state index contributed by atoms with van der Waals surface area (Å²) in [5.41, 5.74) is 8.18. The Morgan fingerprint density at radius 1 is 1.00 bits per heavy atom. The molecule has 3 rings (SSSR count). The molecule has 2 aromatic rings. The zero-order chi connectivity index (χ0) is 15.9. The molecule has 1 aliphatic rings. The zero-order valence-corrected chi connectivity index (χ0v) is 11.7. The minimum Gasteiger partial charge on any atom is -0.390 e. The first kappa shape index (κ1) is 14.4. The van der Waals surface area contributed by atoms with Crippen molar-refractivity contribution >= 4 is 11.7 Å². The van der Waals surface area contributed by atoms with E-state index in [0.717, 1.165) is 11.1 Å². The van der Waals surface area contributed by atoms with Crippen molar-refractivity contribution in [3.63, 3.8) is 0 Å². The molecular weight excluding hydrogens is 282 g/mol. The number of rotatable bonds is 4. The van der Waals surface area contributed by atoms with Gasteiger partial charge in [-0.3, -0.25) is 9.59 Å². The second kappa shape index (κ2) is 5.36. The minimum absolute atomic E-state index is 0.107. The lowest BCUT2D eigenvalue weighted by Crippen LogP contribution is -2.25. The van der Waals surface area contributed by atoms with Crippen LogP contribution in [0.4, 0.5) is 0 Å². The number of hydrogen-bond donors (Lipinski definition) is 3. The lowest BCUT2D eigenvalue weighted by molar-refractivity contribution is -0.121. The third-order valence-corrected chi connectivity index (χ3v) is 3.87. The van der Waals surface area contributed by atoms with Crippen LogP contribution < -0.4 is 5.73 Å². The Labute approximate surface area is 127 Å². The summed E-state index contributed by atoms with van der Waals surface area (Å²) in [6.45, 7) is 0. The molecule has 0 aromatic heterocycles. The number of aliphatic hydroxyl groups is 2. The number of primary amides is 1. The van der Waals surface area contributed by atoms with E-state index in [9.17, 15) is 19.8 Å². The molecule has 0 bridgehead atoms. The summed E-state index contributed by atoms with van der Waals surface area (Å²) in [7, 11) is 0. The highest BCUT2D eigenvalue weighted by atomic mass is 16.3. The predicted octanol–water partition coefficient (Wildman–Crippen LogP) is 1.17. The van der Waals surface area contributed by atoms with Gasteiger partial charge in [-0.25, -0.2) is 0 Å². The molecule has 0 fully saturated rings. The SMILES string of the molecule is NC(=O)CC(O)C(O)c1ccc2c(c1)C(=O)c1ccccc1-2. The van der Waals surface area contributed by atoms with Gasteiger partial charge in [-0.05, 0) is 22.8 Å². The summed E-state index contributed by atoms with van der Waals surface area (Å²) in [6.07, 6.45) is -2.91. The van der Waals surface area contributed by atoms with Gasteiger partial charge in [0.05, 0.1) is 12.5 Å². The molecule has 0 spiro atoms. The summed E-state index contributed by atoms with van der Waals surface area (Å²) in [5.74, 6) is -0.805. The molecule has 4 N–H and O–H groups in total. The van der Waals surface area contributed by atoms with Crippen LogP contribution in [0, 0.1) is 0 Å². The van der Waals surface area contributed by atoms with Crippen molar-refractivity contribution < 1.29 is 19.8 Å². The number of carbonyl (C=O) groups is 2. The van der Waals surface area contributed by atoms with Gasteiger partial charge in [-0.1, -0.05) is 36.4 Å². The molecule has 2 atom stereocenters. The summed E-state index contributed by atoms with van der Waals surface area (Å²) < 4.78 is 0. The van der Waals surface area contributed by atoms with Crippen molar-refractivity contribution in [3.8, 4) is 11.1 Å². The van der Waals surface area contributed by atoms with Crippen LogP contribution in [0.25, 0.3) is 11.1 Å². The Balaban J connectivity index is 1.97. The van der Waals surface area contributed by atoms with E-state index in [0.29, 0.717) is 16.7 Å². The van der Waals surface area contributed by atoms with Gasteiger partial charge < -0.3 is 15.9 Å². The largest absolute Gasteiger partial charge is 0.390 e. The highest BCUT2D eigenvalue weighted by molar-refractivity contribution is 6.21. The van der Waals surface area contributed by atoms with Gasteiger partial charge in [-0.2, -0.15) is 0 Å². The Kier molecular flexibility index (Phi) is 3.52. The second-order valence-corrected chi connectivity index (χ2v) is 5.36. The van der Waals surface area contributed by atoms with E-state index in [2.05, 4.69) is 0 Å². The summed E-state index contributed by atoms with van der Waals surface area (Å²) in [4.78, 5) is 23.2. The van der Waals surface area contributed by atoms with Gasteiger partial charge in [0.1, 0.15) is 6.10 Å². The fourth-order valence-corrected chi connectivity index (χ4v) is 2.77. The van der Waals surface area contributed by atoms with E-state index in [4.69, 9.17) is 5.73 Å². The van der Waals surface area contributed by atoms with Gasteiger partial charge in [-0.15, -0.1) is 0 Å². The molecule has 5 nitrogen and oxygen atoms in total. The van der Waals surface area contributed by atoms with Crippen LogP contribution in [0.3, 0.4) is 0 Å². The minimum atomic E-state index is -1.30. The van der Waals surface area contributed by atoms with Crippen LogP contribution >= 0.6 is 0 Å². The van der Waals surface area contributed by atoms with Gasteiger partial charge in [0.25, 0.3) is 0 Å². The number of hydrogen-bond acceptors (Lipinski definition) is 4. The molecule has 0 radical (unpaired) electrons. The van der Waals surface area contributed by atoms with Crippen LogP contribution in [0.1, 0.15) is 34.0 Å². The number of aliphatic hydroxyl groups excluding tert-OH is 2. The molecule has 0 aliphatic heterocycles. The monoisotopic (exact) mass is 297 g/mol. The first-order valence-corrected chi connectivity index (χ1v) is 6.91. The maximum Gasteiger partial charge on any atom is 0.220 e. The second-order valence-electron chi connectivity index (χ2n) is 5.36. The van der Waals surface area contributed by atoms with Crippen LogP contribution in [-0.4, -0.2) is 28.0 Å². The molecule has 5 heteroatoms. The van der Waals surface area contributed by atoms with E-state index in [1.807, 2.05) is 12.1 Å². The summed E-state index contributed by atoms with van der Waals surface area (Å²) in [5, 5.41) is 19.9. The van der Waals surface area contributed by atoms with E-state index in [-0.39, 0.29) is 12.2 Å². The maximum atomic E-state index is 12.4. The number of benzene rings is 2. The molecule has 2 aromatic carbocycles. The van der Waals surface area contributed by atoms with Crippen LogP contribution in [0.5, 0.6) is 0 Å². The lowest BCUT2D eigenvalue weighted by atomic mass is 9.97. The van der Waals surface area contributed by atoms with Crippen molar-refractivity contribution in [2.75, 3.05) is 0 Å². The Bertz CT molecular complexity index is 769. The average Bonchev–Trinajstić information content (AvgIpc) is 2.79. The molecule has 1 aliphatic carbocycles. The highest BCUT2D eigenvalue weighted by Crippen LogP contribution is 2.37. The van der Waals surface area contributed by atoms with E-state index < -0.39 is 18.1 Å². The first-order valence-electron chi connectivity index (χ1n) is 6.91. The third-order valence-electron chi connectivity index (χ3n) is 3.87. The van der Waals surface area contributed by atoms with Gasteiger partial charge in [0.2, 0.25) is 5.91 Å². The Morgan fingerprint density at radius 3 is 2.32 bits per heavy atom. The molecule has 112 valence electrons. The highest BCUT2D eigenvalue weighted by Gasteiger charge is 2.28. The van der Waals surface area contributed by atoms with Gasteiger partial charge in [0.15, 0.2) is 5.78 Å². The predicted molar refractivity (Wildman–Crippen MR) is 80.1 cm³/mol. The van der Waals surface area contributed by atoms with Crippen molar-refractivity contribution in [3.05, 3.63) is 59.2 Å². The summed E-state index contributed by atoms with van der Waals surface area (Å²) in [6, 6.07) is 12.2. The summed E-state index contributed by atoms with van der Waals surface area (Å²) >= 11 is 0. The number of amides is 1. The van der Waals surface area contributed by atoms with Gasteiger partial charge in [0, 0.05) is 11.1 Å². The fraction of sp³-hybridized carbons (Fsp3) is 0.176. The molecule has 2 unspecified atom stereocenters. The maximum absolute atomic E-state index is 12.4. The van der Waals surface area contributed by atoms with E-state index in [1.165, 1.54) is 0 Å². The molecule has 22 heavy (non-hydrogen) atoms. The van der Waals surface area contributed by atoms with Crippen molar-refractivity contribution in [2.45, 2.75) is 18.6 Å². The van der Waals surface area contributed by atoms with E-state index in [1.54, 1.807) is 30.3 Å². The topological polar surface area (TPSA) is 101 Å². The van der Waals surface area contributed by atoms with Crippen molar-refractivity contribution in [2.24, 2.45) is 5.73 Å². The zero-order valence-electron chi connectivity index (χ0n) is 11.7. The first-order chi connectivity index (χ1) is 10.5. The van der Waals surface area contributed by atoms with Crippen LogP contribution in [0.2, 0.25) is 0 Å². The molecule has 0 saturated heterocycles. The lowest BCUT2D eigenvalue weighted by Gasteiger charge is -2.17. The van der Waals surface area contributed by atoms with Crippen molar-refractivity contribution in [1.29, 1.82) is 0 Å². The normalized spacial score (nSPS) is 15.1. The fourth-order valence-electron chi connectivity index (χ4n) is 2.77. The average molecular weight is 297 g/mol. The Hall–Kier alpha value is -2.50. The Morgan fingerprint density at radius 2 is 1.64 bits per heavy atom. The number of ketones is 1. The molecule has 1 amide bonds. The number of nitrogens with two attached hydrogens (primary N) is 1. The number of fused-ring (bicyclic) bond motifs is 3. The molecule has 0 saturated carbocycles. The van der Waals surface area contributed by atoms with Gasteiger partial charge >= 0.3 is 0 Å². The van der Waals surface area contributed by atoms with Crippen LogP contribution in [0.15, 0.2) is 42.5 Å². The quantitative estimate of drug-likeness (QED) is 0.673. The molecule has 0 heterocycles. The standard InChI is InChI=1S/C17H15NO4/c18-15(20)8-14(19)16(21)9-5-6-11-10-3-1-2-4-12(10)17(22)13(11)7-9/h1-7,14,16,19,21H,8H2,(H2,18,20). The molecular formula is C17H15NO4.